The van der Waals surface area contributed by atoms with Crippen molar-refractivity contribution in [3.05, 3.63) is 22.6 Å². The van der Waals surface area contributed by atoms with Gasteiger partial charge in [-0.05, 0) is 35.0 Å². The fourth-order valence-electron chi connectivity index (χ4n) is 0.777. The maximum atomic E-state index is 11.3. The van der Waals surface area contributed by atoms with Gasteiger partial charge in [0.1, 0.15) is 0 Å². The third-order valence-electron chi connectivity index (χ3n) is 1.38. The predicted octanol–water partition coefficient (Wildman–Crippen LogP) is 1.12. The molecule has 3 N–H and O–H groups in total. The Morgan fingerprint density at radius 2 is 2.46 bits per heavy atom. The van der Waals surface area contributed by atoms with Gasteiger partial charge in [-0.3, -0.25) is 4.79 Å². The van der Waals surface area contributed by atoms with Crippen LogP contribution >= 0.6 is 15.9 Å². The van der Waals surface area contributed by atoms with E-state index < -0.39 is 0 Å². The first kappa shape index (κ1) is 10.3. The van der Waals surface area contributed by atoms with Crippen molar-refractivity contribution in [1.29, 1.82) is 0 Å². The lowest BCUT2D eigenvalue weighted by Crippen LogP contribution is -2.34. The van der Waals surface area contributed by atoms with Crippen LogP contribution in [0.4, 0.5) is 0 Å². The molecule has 0 aliphatic rings. The Labute approximate surface area is 84.6 Å². The van der Waals surface area contributed by atoms with Gasteiger partial charge >= 0.3 is 0 Å². The number of halogens is 1. The highest BCUT2D eigenvalue weighted by atomic mass is 79.9. The molecule has 72 valence electrons. The quantitative estimate of drug-likeness (QED) is 0.840. The minimum atomic E-state index is -0.247. The summed E-state index contributed by atoms with van der Waals surface area (Å²) in [6.07, 6.45) is 0. The van der Waals surface area contributed by atoms with Crippen molar-refractivity contribution in [1.82, 2.24) is 5.32 Å². The number of rotatable bonds is 3. The molecule has 1 rings (SSSR count). The molecule has 0 aliphatic heterocycles. The normalized spacial score (nSPS) is 12.5. The lowest BCUT2D eigenvalue weighted by molar-refractivity contribution is 0.0923. The van der Waals surface area contributed by atoms with Gasteiger partial charge in [0, 0.05) is 12.6 Å². The number of furan rings is 1. The number of nitrogens with one attached hydrogen (secondary N) is 1. The maximum absolute atomic E-state index is 11.3. The summed E-state index contributed by atoms with van der Waals surface area (Å²) in [6.45, 7) is 2.26. The van der Waals surface area contributed by atoms with E-state index in [4.69, 9.17) is 10.2 Å². The highest BCUT2D eigenvalue weighted by molar-refractivity contribution is 9.10. The minimum absolute atomic E-state index is 0.0534. The number of amides is 1. The second-order valence-corrected chi connectivity index (χ2v) is 3.57. The molecule has 0 saturated carbocycles. The number of hydrogen-bond donors (Lipinski definition) is 2. The first-order chi connectivity index (χ1) is 6.09. The maximum Gasteiger partial charge on any atom is 0.287 e. The van der Waals surface area contributed by atoms with Gasteiger partial charge in [-0.1, -0.05) is 0 Å². The fraction of sp³-hybridized carbons (Fsp3) is 0.375. The number of hydrogen-bond acceptors (Lipinski definition) is 3. The van der Waals surface area contributed by atoms with E-state index in [1.807, 2.05) is 6.92 Å². The SMILES string of the molecule is CC(N)CNC(=O)c1ccc(Br)o1. The zero-order valence-corrected chi connectivity index (χ0v) is 8.80. The van der Waals surface area contributed by atoms with Crippen LogP contribution in [0.25, 0.3) is 0 Å². The molecule has 1 amide bonds. The third-order valence-corrected chi connectivity index (χ3v) is 1.81. The monoisotopic (exact) mass is 246 g/mol. The minimum Gasteiger partial charge on any atom is -0.444 e. The fourth-order valence-corrected chi connectivity index (χ4v) is 1.08. The van der Waals surface area contributed by atoms with E-state index >= 15 is 0 Å². The van der Waals surface area contributed by atoms with Gasteiger partial charge in [0.2, 0.25) is 0 Å². The summed E-state index contributed by atoms with van der Waals surface area (Å²) in [5.74, 6) is 0.0375. The third kappa shape index (κ3) is 3.20. The predicted molar refractivity (Wildman–Crippen MR) is 52.4 cm³/mol. The van der Waals surface area contributed by atoms with Crippen molar-refractivity contribution in [3.63, 3.8) is 0 Å². The van der Waals surface area contributed by atoms with E-state index in [0.29, 0.717) is 11.2 Å². The number of nitrogens with two attached hydrogens (primary N) is 1. The average Bonchev–Trinajstić information content (AvgIpc) is 2.47. The number of carbonyl (C=O) groups excluding carboxylic acids is 1. The lowest BCUT2D eigenvalue weighted by Gasteiger charge is -2.05. The Kier molecular flexibility index (Phi) is 3.50. The van der Waals surface area contributed by atoms with Gasteiger partial charge < -0.3 is 15.5 Å². The molecule has 5 heteroatoms. The van der Waals surface area contributed by atoms with Gasteiger partial charge in [0.05, 0.1) is 0 Å². The van der Waals surface area contributed by atoms with Crippen LogP contribution in [0.5, 0.6) is 0 Å². The van der Waals surface area contributed by atoms with Gasteiger partial charge in [0.25, 0.3) is 5.91 Å². The molecule has 1 atom stereocenters. The molecule has 0 aromatic carbocycles. The Bertz CT molecular complexity index is 296. The molecular formula is C8H11BrN2O2. The summed E-state index contributed by atoms with van der Waals surface area (Å²) in [5, 5.41) is 2.63. The van der Waals surface area contributed by atoms with E-state index in [-0.39, 0.29) is 17.7 Å². The highest BCUT2D eigenvalue weighted by Gasteiger charge is 2.09. The molecule has 1 unspecified atom stereocenters. The summed E-state index contributed by atoms with van der Waals surface area (Å²) >= 11 is 3.11. The summed E-state index contributed by atoms with van der Waals surface area (Å²) in [4.78, 5) is 11.3. The summed E-state index contributed by atoms with van der Waals surface area (Å²) in [6, 6.07) is 3.21. The van der Waals surface area contributed by atoms with Crippen LogP contribution in [0.15, 0.2) is 21.2 Å². The van der Waals surface area contributed by atoms with E-state index in [9.17, 15) is 4.79 Å². The average molecular weight is 247 g/mol. The van der Waals surface area contributed by atoms with Crippen molar-refractivity contribution in [2.24, 2.45) is 5.73 Å². The molecule has 13 heavy (non-hydrogen) atoms. The van der Waals surface area contributed by atoms with Gasteiger partial charge in [-0.15, -0.1) is 0 Å². The molecule has 4 nitrogen and oxygen atoms in total. The van der Waals surface area contributed by atoms with Crippen LogP contribution in [0.1, 0.15) is 17.5 Å². The van der Waals surface area contributed by atoms with Crippen LogP contribution in [0, 0.1) is 0 Å². The van der Waals surface area contributed by atoms with Crippen LogP contribution in [0.3, 0.4) is 0 Å². The topological polar surface area (TPSA) is 68.3 Å². The Hall–Kier alpha value is -0.810. The second kappa shape index (κ2) is 4.43. The van der Waals surface area contributed by atoms with Gasteiger partial charge in [0.15, 0.2) is 10.4 Å². The van der Waals surface area contributed by atoms with Gasteiger partial charge in [-0.2, -0.15) is 0 Å². The molecule has 0 radical (unpaired) electrons. The van der Waals surface area contributed by atoms with Crippen molar-refractivity contribution in [3.8, 4) is 0 Å². The first-order valence-electron chi connectivity index (χ1n) is 3.88. The van der Waals surface area contributed by atoms with Crippen molar-refractivity contribution >= 4 is 21.8 Å². The number of carbonyl (C=O) groups is 1. The highest BCUT2D eigenvalue weighted by Crippen LogP contribution is 2.13. The molecule has 1 aromatic heterocycles. The van der Waals surface area contributed by atoms with E-state index in [1.165, 1.54) is 0 Å². The molecule has 0 saturated heterocycles. The molecule has 0 fully saturated rings. The largest absolute Gasteiger partial charge is 0.444 e. The molecule has 0 spiro atoms. The second-order valence-electron chi connectivity index (χ2n) is 2.79. The summed E-state index contributed by atoms with van der Waals surface area (Å²) in [7, 11) is 0. The lowest BCUT2D eigenvalue weighted by atomic mass is 10.3. The Morgan fingerprint density at radius 3 is 2.92 bits per heavy atom. The molecule has 1 heterocycles. The smallest absolute Gasteiger partial charge is 0.287 e. The van der Waals surface area contributed by atoms with Crippen LogP contribution in [-0.2, 0) is 0 Å². The van der Waals surface area contributed by atoms with Crippen molar-refractivity contribution in [2.75, 3.05) is 6.54 Å². The zero-order chi connectivity index (χ0) is 9.84. The van der Waals surface area contributed by atoms with Crippen LogP contribution in [0.2, 0.25) is 0 Å². The summed E-state index contributed by atoms with van der Waals surface area (Å²) in [5.41, 5.74) is 5.47. The van der Waals surface area contributed by atoms with Crippen LogP contribution < -0.4 is 11.1 Å². The van der Waals surface area contributed by atoms with E-state index in [2.05, 4.69) is 21.2 Å². The molecule has 0 bridgehead atoms. The van der Waals surface area contributed by atoms with E-state index in [1.54, 1.807) is 12.1 Å². The zero-order valence-electron chi connectivity index (χ0n) is 7.21. The van der Waals surface area contributed by atoms with E-state index in [0.717, 1.165) is 0 Å². The Morgan fingerprint density at radius 1 is 1.77 bits per heavy atom. The molecule has 0 aliphatic carbocycles. The molecule has 1 aromatic rings. The van der Waals surface area contributed by atoms with Gasteiger partial charge in [-0.25, -0.2) is 0 Å². The Balaban J connectivity index is 2.49. The first-order valence-corrected chi connectivity index (χ1v) is 4.68. The van der Waals surface area contributed by atoms with Crippen molar-refractivity contribution < 1.29 is 9.21 Å². The standard InChI is InChI=1S/C8H11BrN2O2/c1-5(10)4-11-8(12)6-2-3-7(9)13-6/h2-3,5H,4,10H2,1H3,(H,11,12). The summed E-state index contributed by atoms with van der Waals surface area (Å²) < 4.78 is 5.58. The van der Waals surface area contributed by atoms with Crippen molar-refractivity contribution in [2.45, 2.75) is 13.0 Å². The van der Waals surface area contributed by atoms with Crippen LogP contribution in [-0.4, -0.2) is 18.5 Å². The molecular weight excluding hydrogens is 236 g/mol.